The molecule has 1 saturated carbocycles. The minimum atomic E-state index is -1.44. The molecule has 0 spiro atoms. The van der Waals surface area contributed by atoms with Crippen molar-refractivity contribution in [2.24, 2.45) is 11.8 Å². The Morgan fingerprint density at radius 2 is 1.84 bits per heavy atom. The van der Waals surface area contributed by atoms with Gasteiger partial charge in [-0.2, -0.15) is 0 Å². The summed E-state index contributed by atoms with van der Waals surface area (Å²) in [6.07, 6.45) is 6.88. The summed E-state index contributed by atoms with van der Waals surface area (Å²) in [6.45, 7) is 3.32. The minimum absolute atomic E-state index is 0.00155. The molecule has 10 heteroatoms. The predicted molar refractivity (Wildman–Crippen MR) is 144 cm³/mol. The van der Waals surface area contributed by atoms with Crippen molar-refractivity contribution in [3.63, 3.8) is 0 Å². The molecule has 38 heavy (non-hydrogen) atoms. The molecule has 5 rings (SSSR count). The largest absolute Gasteiger partial charge is 0.511 e. The maximum atomic E-state index is 13.9. The van der Waals surface area contributed by atoms with Gasteiger partial charge in [-0.15, -0.1) is 16.4 Å². The van der Waals surface area contributed by atoms with Crippen LogP contribution in [0.1, 0.15) is 56.7 Å². The zero-order chi connectivity index (χ0) is 26.5. The Balaban J connectivity index is 1.43. The summed E-state index contributed by atoms with van der Waals surface area (Å²) in [5.41, 5.74) is 4.85. The van der Waals surface area contributed by atoms with Gasteiger partial charge < -0.3 is 14.6 Å². The highest BCUT2D eigenvalue weighted by molar-refractivity contribution is 7.07. The van der Waals surface area contributed by atoms with E-state index in [1.165, 1.54) is 5.56 Å². The van der Waals surface area contributed by atoms with Crippen LogP contribution in [0.15, 0.2) is 41.4 Å². The summed E-state index contributed by atoms with van der Waals surface area (Å²) in [5, 5.41) is 16.3. The lowest BCUT2D eigenvalue weighted by Crippen LogP contribution is -2.47. The van der Waals surface area contributed by atoms with Crippen LogP contribution in [0.5, 0.6) is 5.75 Å². The molecule has 1 saturated heterocycles. The monoisotopic (exact) mass is 538 g/mol. The van der Waals surface area contributed by atoms with Gasteiger partial charge in [0.25, 0.3) is 0 Å². The molecular formula is C28H34N4O5S. The number of ether oxygens (including phenoxy) is 2. The highest BCUT2D eigenvalue weighted by atomic mass is 32.1. The van der Waals surface area contributed by atoms with Crippen molar-refractivity contribution in [3.8, 4) is 11.4 Å². The third-order valence-electron chi connectivity index (χ3n) is 7.60. The van der Waals surface area contributed by atoms with Gasteiger partial charge in [-0.05, 0) is 75.0 Å². The van der Waals surface area contributed by atoms with E-state index in [4.69, 9.17) is 14.6 Å². The maximum absolute atomic E-state index is 13.9. The number of anilines is 1. The highest BCUT2D eigenvalue weighted by Gasteiger charge is 2.37. The lowest BCUT2D eigenvalue weighted by Gasteiger charge is -2.36. The van der Waals surface area contributed by atoms with Crippen molar-refractivity contribution < 1.29 is 24.2 Å². The van der Waals surface area contributed by atoms with Gasteiger partial charge in [0, 0.05) is 30.6 Å². The third-order valence-corrected chi connectivity index (χ3v) is 8.24. The Morgan fingerprint density at radius 3 is 2.50 bits per heavy atom. The first-order valence-corrected chi connectivity index (χ1v) is 14.3. The molecule has 0 atom stereocenters. The van der Waals surface area contributed by atoms with Crippen LogP contribution in [-0.2, 0) is 22.4 Å². The number of aryl methyl sites for hydroxylation is 2. The minimum Gasteiger partial charge on any atom is -0.449 e. The molecule has 0 unspecified atom stereocenters. The van der Waals surface area contributed by atoms with E-state index < -0.39 is 6.16 Å². The maximum Gasteiger partial charge on any atom is 0.511 e. The summed E-state index contributed by atoms with van der Waals surface area (Å²) >= 11 is 1.59. The zero-order valence-corrected chi connectivity index (χ0v) is 22.4. The molecule has 202 valence electrons. The third kappa shape index (κ3) is 6.24. The molecular weight excluding hydrogens is 504 g/mol. The van der Waals surface area contributed by atoms with E-state index in [1.54, 1.807) is 27.1 Å². The van der Waals surface area contributed by atoms with Gasteiger partial charge in [0.15, 0.2) is 5.75 Å². The van der Waals surface area contributed by atoms with Gasteiger partial charge in [0.2, 0.25) is 11.7 Å². The first-order chi connectivity index (χ1) is 18.5. The topological polar surface area (TPSA) is 107 Å². The van der Waals surface area contributed by atoms with Crippen molar-refractivity contribution in [1.29, 1.82) is 0 Å². The predicted octanol–water partition coefficient (Wildman–Crippen LogP) is 5.51. The lowest BCUT2D eigenvalue weighted by atomic mass is 9.82. The first-order valence-electron chi connectivity index (χ1n) is 13.4. The van der Waals surface area contributed by atoms with Crippen molar-refractivity contribution in [2.75, 3.05) is 18.1 Å². The van der Waals surface area contributed by atoms with Gasteiger partial charge in [0.05, 0.1) is 23.1 Å². The second-order valence-corrected chi connectivity index (χ2v) is 11.0. The molecule has 2 fully saturated rings. The van der Waals surface area contributed by atoms with E-state index in [9.17, 15) is 14.7 Å². The zero-order valence-electron chi connectivity index (χ0n) is 21.6. The lowest BCUT2D eigenvalue weighted by molar-refractivity contribution is -0.124. The van der Waals surface area contributed by atoms with E-state index in [0.717, 1.165) is 49.9 Å². The summed E-state index contributed by atoms with van der Waals surface area (Å²) in [7, 11) is 0. The Bertz CT molecular complexity index is 1210. The van der Waals surface area contributed by atoms with Crippen LogP contribution in [0, 0.1) is 11.8 Å². The number of hydrogen-bond donors (Lipinski definition) is 1. The summed E-state index contributed by atoms with van der Waals surface area (Å²) < 4.78 is 12.3. The van der Waals surface area contributed by atoms with Crippen molar-refractivity contribution in [3.05, 3.63) is 52.6 Å². The molecule has 0 bridgehead atoms. The number of hydrogen-bond acceptors (Lipinski definition) is 7. The average molecular weight is 539 g/mol. The molecule has 1 aliphatic heterocycles. The van der Waals surface area contributed by atoms with E-state index in [0.29, 0.717) is 32.0 Å². The fraction of sp³-hybridized carbons (Fsp3) is 0.500. The molecule has 0 radical (unpaired) electrons. The Hall–Kier alpha value is -3.24. The van der Waals surface area contributed by atoms with Crippen LogP contribution in [-0.4, -0.2) is 51.2 Å². The number of rotatable bonds is 8. The quantitative estimate of drug-likeness (QED) is 0.377. The van der Waals surface area contributed by atoms with Gasteiger partial charge in [-0.3, -0.25) is 9.69 Å². The Morgan fingerprint density at radius 1 is 1.11 bits per heavy atom. The molecule has 2 aliphatic rings. The molecule has 1 aromatic carbocycles. The standard InChI is InChI=1S/C28H34N4O5S/c1-19-2-7-21(8-3-19)27(33)32(24-12-14-36-15-13-24)26-25(37-28(34)35)16-31(30-26)23-10-5-20(6-11-23)4-9-22-17-38-18-29-22/h5-6,10-11,16-19,21,24H,2-4,7-9,12-15H2,1H3,(H,34,35)/t19-,21-. The van der Waals surface area contributed by atoms with Crippen LogP contribution >= 0.6 is 11.3 Å². The van der Waals surface area contributed by atoms with E-state index in [2.05, 4.69) is 17.3 Å². The van der Waals surface area contributed by atoms with Crippen molar-refractivity contribution >= 4 is 29.2 Å². The van der Waals surface area contributed by atoms with Crippen LogP contribution < -0.4 is 9.64 Å². The first kappa shape index (κ1) is 26.4. The molecule has 1 aliphatic carbocycles. The second-order valence-electron chi connectivity index (χ2n) is 10.3. The van der Waals surface area contributed by atoms with Crippen LogP contribution in [0.4, 0.5) is 10.6 Å². The van der Waals surface area contributed by atoms with Crippen LogP contribution in [0.2, 0.25) is 0 Å². The van der Waals surface area contributed by atoms with E-state index in [1.807, 2.05) is 29.8 Å². The van der Waals surface area contributed by atoms with Gasteiger partial charge in [-0.25, -0.2) is 14.5 Å². The number of benzene rings is 1. The fourth-order valence-electron chi connectivity index (χ4n) is 5.37. The summed E-state index contributed by atoms with van der Waals surface area (Å²) in [6, 6.07) is 7.83. The van der Waals surface area contributed by atoms with E-state index >= 15 is 0 Å². The van der Waals surface area contributed by atoms with Crippen LogP contribution in [0.25, 0.3) is 5.69 Å². The molecule has 1 N–H and O–H groups in total. The fourth-order valence-corrected chi connectivity index (χ4v) is 5.96. The Kier molecular flexibility index (Phi) is 8.38. The second kappa shape index (κ2) is 12.1. The Labute approximate surface area is 226 Å². The van der Waals surface area contributed by atoms with Crippen molar-refractivity contribution in [2.45, 2.75) is 64.3 Å². The molecule has 1 amide bonds. The van der Waals surface area contributed by atoms with Gasteiger partial charge in [0.1, 0.15) is 0 Å². The molecule has 3 aromatic rings. The number of amides is 1. The summed E-state index contributed by atoms with van der Waals surface area (Å²) in [5.74, 6) is 0.838. The van der Waals surface area contributed by atoms with Gasteiger partial charge >= 0.3 is 6.16 Å². The number of carbonyl (C=O) groups is 2. The smallest absolute Gasteiger partial charge is 0.449 e. The number of thiazole rings is 1. The number of carboxylic acid groups (broad SMARTS) is 1. The molecule has 3 heterocycles. The number of carbonyl (C=O) groups excluding carboxylic acids is 1. The highest BCUT2D eigenvalue weighted by Crippen LogP contribution is 2.37. The van der Waals surface area contributed by atoms with Crippen molar-refractivity contribution in [1.82, 2.24) is 14.8 Å². The summed E-state index contributed by atoms with van der Waals surface area (Å²) in [4.78, 5) is 31.6. The number of aromatic nitrogens is 3. The molecule has 2 aromatic heterocycles. The molecule has 9 nitrogen and oxygen atoms in total. The normalized spacial score (nSPS) is 20.2. The van der Waals surface area contributed by atoms with Gasteiger partial charge in [-0.1, -0.05) is 19.1 Å². The van der Waals surface area contributed by atoms with E-state index in [-0.39, 0.29) is 29.4 Å². The SMILES string of the molecule is C[C@H]1CC[C@H](C(=O)N(c2nn(-c3ccc(CCc4cscn4)cc3)cc2OC(=O)O)C2CCOCC2)CC1. The average Bonchev–Trinajstić information content (AvgIpc) is 3.59. The number of nitrogens with zero attached hydrogens (tertiary/aromatic N) is 4. The van der Waals surface area contributed by atoms with Crippen LogP contribution in [0.3, 0.4) is 0 Å².